The first-order valence-electron chi connectivity index (χ1n) is 7.97. The highest BCUT2D eigenvalue weighted by molar-refractivity contribution is 5.96. The normalized spacial score (nSPS) is 10.3. The Morgan fingerprint density at radius 3 is 2.16 bits per heavy atom. The lowest BCUT2D eigenvalue weighted by molar-refractivity contribution is 0.0948. The maximum Gasteiger partial charge on any atom is 0.255 e. The molecule has 0 bridgehead atoms. The highest BCUT2D eigenvalue weighted by atomic mass is 16.5. The van der Waals surface area contributed by atoms with Crippen LogP contribution in [0.25, 0.3) is 11.1 Å². The first-order valence-corrected chi connectivity index (χ1v) is 7.97. The molecule has 0 heterocycles. The summed E-state index contributed by atoms with van der Waals surface area (Å²) < 4.78 is 5.21. The van der Waals surface area contributed by atoms with Crippen molar-refractivity contribution in [3.05, 3.63) is 83.9 Å². The minimum atomic E-state index is -0.167. The van der Waals surface area contributed by atoms with E-state index in [1.807, 2.05) is 48.5 Å². The number of nitrogens with one attached hydrogen (secondary N) is 1. The predicted octanol–water partition coefficient (Wildman–Crippen LogP) is 4.00. The second-order valence-corrected chi connectivity index (χ2v) is 5.63. The van der Waals surface area contributed by atoms with E-state index < -0.39 is 0 Å². The Bertz CT molecular complexity index is 855. The fourth-order valence-corrected chi connectivity index (χ4v) is 2.58. The molecule has 0 aromatic heterocycles. The summed E-state index contributed by atoms with van der Waals surface area (Å²) in [5.41, 5.74) is 3.61. The van der Waals surface area contributed by atoms with Gasteiger partial charge in [0.2, 0.25) is 0 Å². The van der Waals surface area contributed by atoms with Crippen molar-refractivity contribution in [2.75, 3.05) is 7.11 Å². The Morgan fingerprint density at radius 2 is 1.52 bits per heavy atom. The highest BCUT2D eigenvalue weighted by Gasteiger charge is 2.10. The van der Waals surface area contributed by atoms with Crippen molar-refractivity contribution in [1.29, 1.82) is 0 Å². The van der Waals surface area contributed by atoms with Gasteiger partial charge in [-0.15, -0.1) is 0 Å². The van der Waals surface area contributed by atoms with Crippen LogP contribution in [-0.2, 0) is 6.54 Å². The maximum atomic E-state index is 12.3. The molecule has 0 atom stereocenters. The number of carbonyl (C=O) groups is 1. The summed E-state index contributed by atoms with van der Waals surface area (Å²) in [5, 5.41) is 12.3. The largest absolute Gasteiger partial charge is 0.508 e. The van der Waals surface area contributed by atoms with E-state index >= 15 is 0 Å². The molecule has 0 saturated heterocycles. The number of aromatic hydroxyl groups is 1. The molecular weight excluding hydrogens is 314 g/mol. The van der Waals surface area contributed by atoms with Gasteiger partial charge in [-0.3, -0.25) is 4.79 Å². The molecule has 0 radical (unpaired) electrons. The van der Waals surface area contributed by atoms with E-state index in [-0.39, 0.29) is 11.7 Å². The minimum absolute atomic E-state index is 0.167. The Balaban J connectivity index is 1.65. The van der Waals surface area contributed by atoms with E-state index in [4.69, 9.17) is 4.74 Å². The van der Waals surface area contributed by atoms with Crippen LogP contribution in [0.5, 0.6) is 11.5 Å². The fourth-order valence-electron chi connectivity index (χ4n) is 2.58. The van der Waals surface area contributed by atoms with Crippen LogP contribution >= 0.6 is 0 Å². The second-order valence-electron chi connectivity index (χ2n) is 5.63. The molecule has 3 aromatic carbocycles. The third kappa shape index (κ3) is 3.98. The van der Waals surface area contributed by atoms with Gasteiger partial charge in [0, 0.05) is 6.54 Å². The number of methoxy groups -OCH3 is 1. The van der Waals surface area contributed by atoms with Gasteiger partial charge in [-0.25, -0.2) is 0 Å². The number of hydrogen-bond donors (Lipinski definition) is 2. The molecule has 0 spiro atoms. The summed E-state index contributed by atoms with van der Waals surface area (Å²) in [6.07, 6.45) is 0. The number of phenolic OH excluding ortho intramolecular Hbond substituents is 1. The van der Waals surface area contributed by atoms with Crippen molar-refractivity contribution in [1.82, 2.24) is 5.32 Å². The summed E-state index contributed by atoms with van der Waals surface area (Å²) in [6.45, 7) is 0.437. The number of ether oxygens (including phenoxy) is 1. The molecule has 0 aliphatic heterocycles. The fraction of sp³-hybridized carbons (Fsp3) is 0.0952. The SMILES string of the molecule is COc1ccccc1C(=O)NCc1ccc(-c2ccc(O)cc2)cc1. The van der Waals surface area contributed by atoms with Crippen molar-refractivity contribution < 1.29 is 14.6 Å². The van der Waals surface area contributed by atoms with E-state index in [9.17, 15) is 9.90 Å². The van der Waals surface area contributed by atoms with Crippen molar-refractivity contribution in [3.63, 3.8) is 0 Å². The number of hydrogen-bond acceptors (Lipinski definition) is 3. The third-order valence-corrected chi connectivity index (χ3v) is 3.96. The average molecular weight is 333 g/mol. The number of benzene rings is 3. The zero-order valence-corrected chi connectivity index (χ0v) is 13.9. The zero-order valence-electron chi connectivity index (χ0n) is 13.9. The molecule has 3 aromatic rings. The number of carbonyl (C=O) groups excluding carboxylic acids is 1. The van der Waals surface area contributed by atoms with Crippen molar-refractivity contribution in [2.45, 2.75) is 6.54 Å². The molecule has 0 fully saturated rings. The minimum Gasteiger partial charge on any atom is -0.508 e. The van der Waals surface area contributed by atoms with Gasteiger partial charge in [0.25, 0.3) is 5.91 Å². The quantitative estimate of drug-likeness (QED) is 0.742. The van der Waals surface area contributed by atoms with E-state index in [0.717, 1.165) is 16.7 Å². The standard InChI is InChI=1S/C21H19NO3/c1-25-20-5-3-2-4-19(20)21(24)22-14-15-6-8-16(9-7-15)17-10-12-18(23)13-11-17/h2-13,23H,14H2,1H3,(H,22,24). The molecule has 2 N–H and O–H groups in total. The molecule has 0 aliphatic carbocycles. The average Bonchev–Trinajstić information content (AvgIpc) is 2.67. The third-order valence-electron chi connectivity index (χ3n) is 3.96. The van der Waals surface area contributed by atoms with Crippen LogP contribution in [-0.4, -0.2) is 18.1 Å². The number of rotatable bonds is 5. The van der Waals surface area contributed by atoms with Gasteiger partial charge in [-0.1, -0.05) is 48.5 Å². The molecular formula is C21H19NO3. The first kappa shape index (κ1) is 16.6. The van der Waals surface area contributed by atoms with Crippen molar-refractivity contribution in [3.8, 4) is 22.6 Å². The summed E-state index contributed by atoms with van der Waals surface area (Å²) >= 11 is 0. The molecule has 126 valence electrons. The Kier molecular flexibility index (Phi) is 5.00. The van der Waals surface area contributed by atoms with Crippen LogP contribution in [0.2, 0.25) is 0 Å². The van der Waals surface area contributed by atoms with Gasteiger partial charge in [0.1, 0.15) is 11.5 Å². The van der Waals surface area contributed by atoms with Gasteiger partial charge in [0.05, 0.1) is 12.7 Å². The van der Waals surface area contributed by atoms with E-state index in [0.29, 0.717) is 17.9 Å². The lowest BCUT2D eigenvalue weighted by Gasteiger charge is -2.09. The molecule has 4 nitrogen and oxygen atoms in total. The topological polar surface area (TPSA) is 58.6 Å². The Labute approximate surface area is 146 Å². The Morgan fingerprint density at radius 1 is 0.920 bits per heavy atom. The summed E-state index contributed by atoms with van der Waals surface area (Å²) in [7, 11) is 1.55. The first-order chi connectivity index (χ1) is 12.2. The van der Waals surface area contributed by atoms with Crippen LogP contribution in [0.1, 0.15) is 15.9 Å². The van der Waals surface area contributed by atoms with Gasteiger partial charge in [-0.2, -0.15) is 0 Å². The molecule has 3 rings (SSSR count). The summed E-state index contributed by atoms with van der Waals surface area (Å²) in [6, 6.07) is 22.2. The van der Waals surface area contributed by atoms with Gasteiger partial charge >= 0.3 is 0 Å². The molecule has 4 heteroatoms. The second kappa shape index (κ2) is 7.53. The molecule has 0 saturated carbocycles. The lowest BCUT2D eigenvalue weighted by Crippen LogP contribution is -2.23. The highest BCUT2D eigenvalue weighted by Crippen LogP contribution is 2.22. The van der Waals surface area contributed by atoms with Crippen molar-refractivity contribution >= 4 is 5.91 Å². The van der Waals surface area contributed by atoms with E-state index in [1.165, 1.54) is 0 Å². The molecule has 1 amide bonds. The van der Waals surface area contributed by atoms with Crippen LogP contribution in [0.15, 0.2) is 72.8 Å². The maximum absolute atomic E-state index is 12.3. The molecule has 25 heavy (non-hydrogen) atoms. The van der Waals surface area contributed by atoms with E-state index in [1.54, 1.807) is 31.4 Å². The van der Waals surface area contributed by atoms with Crippen LogP contribution < -0.4 is 10.1 Å². The van der Waals surface area contributed by atoms with Crippen LogP contribution in [0.4, 0.5) is 0 Å². The Hall–Kier alpha value is -3.27. The van der Waals surface area contributed by atoms with Gasteiger partial charge in [0.15, 0.2) is 0 Å². The summed E-state index contributed by atoms with van der Waals surface area (Å²) in [4.78, 5) is 12.3. The smallest absolute Gasteiger partial charge is 0.255 e. The number of para-hydroxylation sites is 1. The van der Waals surface area contributed by atoms with E-state index in [2.05, 4.69) is 5.32 Å². The van der Waals surface area contributed by atoms with Crippen molar-refractivity contribution in [2.24, 2.45) is 0 Å². The van der Waals surface area contributed by atoms with Crippen LogP contribution in [0, 0.1) is 0 Å². The van der Waals surface area contributed by atoms with Crippen LogP contribution in [0.3, 0.4) is 0 Å². The molecule has 0 unspecified atom stereocenters. The molecule has 0 aliphatic rings. The van der Waals surface area contributed by atoms with Gasteiger partial charge < -0.3 is 15.2 Å². The number of amides is 1. The lowest BCUT2D eigenvalue weighted by atomic mass is 10.0. The van der Waals surface area contributed by atoms with Gasteiger partial charge in [-0.05, 0) is 41.0 Å². The zero-order chi connectivity index (χ0) is 17.6. The monoisotopic (exact) mass is 333 g/mol. The predicted molar refractivity (Wildman–Crippen MR) is 97.7 cm³/mol. The number of phenols is 1. The summed E-state index contributed by atoms with van der Waals surface area (Å²) in [5.74, 6) is 0.641.